The molecule has 1 aliphatic rings. The minimum atomic E-state index is -1.11. The number of rotatable bonds is 6. The fourth-order valence-corrected chi connectivity index (χ4v) is 2.63. The molecule has 0 aliphatic heterocycles. The van der Waals surface area contributed by atoms with E-state index in [9.17, 15) is 19.8 Å². The molecule has 0 amide bonds. The number of aliphatic hydroxyl groups is 2. The highest BCUT2D eigenvalue weighted by atomic mass is 32.2. The van der Waals surface area contributed by atoms with Crippen molar-refractivity contribution >= 4 is 23.7 Å². The van der Waals surface area contributed by atoms with Crippen LogP contribution in [0.1, 0.15) is 33.6 Å². The first-order valence-electron chi connectivity index (χ1n) is 7.30. The fourth-order valence-electron chi connectivity index (χ4n) is 1.94. The molecule has 8 heteroatoms. The summed E-state index contributed by atoms with van der Waals surface area (Å²) in [4.78, 5) is 20.0. The van der Waals surface area contributed by atoms with Crippen molar-refractivity contribution in [2.75, 3.05) is 11.5 Å². The second-order valence-electron chi connectivity index (χ2n) is 6.14. The molecule has 0 heterocycles. The molecular formula is C15H27NO6S. The summed E-state index contributed by atoms with van der Waals surface area (Å²) in [5.41, 5.74) is 5.46. The molecule has 6 N–H and O–H groups in total. The van der Waals surface area contributed by atoms with Crippen molar-refractivity contribution in [2.45, 2.75) is 51.4 Å². The molecular weight excluding hydrogens is 322 g/mol. The first-order chi connectivity index (χ1) is 10.4. The maximum atomic E-state index is 10.1. The molecule has 3 atom stereocenters. The second kappa shape index (κ2) is 9.92. The van der Waals surface area contributed by atoms with Gasteiger partial charge in [-0.1, -0.05) is 6.08 Å². The number of hydrogen-bond donors (Lipinski definition) is 5. The van der Waals surface area contributed by atoms with Crippen LogP contribution in [0.5, 0.6) is 0 Å². The zero-order valence-corrected chi connectivity index (χ0v) is 14.5. The maximum Gasteiger partial charge on any atom is 0.321 e. The van der Waals surface area contributed by atoms with E-state index in [1.54, 1.807) is 13.8 Å². The summed E-state index contributed by atoms with van der Waals surface area (Å²) in [6.07, 6.45) is 3.24. The van der Waals surface area contributed by atoms with Gasteiger partial charge in [-0.15, -0.1) is 11.8 Å². The number of aliphatic hydroxyl groups excluding tert-OH is 1. The molecule has 0 unspecified atom stereocenters. The third kappa shape index (κ3) is 9.60. The van der Waals surface area contributed by atoms with E-state index < -0.39 is 23.6 Å². The minimum absolute atomic E-state index is 0.110. The molecule has 0 bridgehead atoms. The number of carbonyl (C=O) groups is 2. The Balaban J connectivity index is 0.000000423. The number of hydrogen-bond acceptors (Lipinski definition) is 6. The van der Waals surface area contributed by atoms with Gasteiger partial charge in [0.25, 0.3) is 0 Å². The third-order valence-corrected chi connectivity index (χ3v) is 4.64. The largest absolute Gasteiger partial charge is 0.481 e. The van der Waals surface area contributed by atoms with Crippen LogP contribution in [0.2, 0.25) is 0 Å². The number of carboxylic acids is 2. The number of thioether (sulfide) groups is 1. The van der Waals surface area contributed by atoms with Crippen molar-refractivity contribution in [3.63, 3.8) is 0 Å². The Labute approximate surface area is 140 Å². The van der Waals surface area contributed by atoms with Gasteiger partial charge in [0.1, 0.15) is 6.04 Å². The minimum Gasteiger partial charge on any atom is -0.481 e. The molecule has 134 valence electrons. The van der Waals surface area contributed by atoms with E-state index in [2.05, 4.69) is 0 Å². The summed E-state index contributed by atoms with van der Waals surface area (Å²) in [6.45, 7) is 5.54. The Kier molecular flexibility index (Phi) is 9.45. The predicted molar refractivity (Wildman–Crippen MR) is 89.4 cm³/mol. The molecule has 0 spiro atoms. The van der Waals surface area contributed by atoms with Crippen LogP contribution in [-0.2, 0) is 9.59 Å². The van der Waals surface area contributed by atoms with Gasteiger partial charge in [-0.05, 0) is 45.1 Å². The quantitative estimate of drug-likeness (QED) is 0.441. The molecule has 23 heavy (non-hydrogen) atoms. The van der Waals surface area contributed by atoms with Crippen molar-refractivity contribution < 1.29 is 30.0 Å². The Bertz CT molecular complexity index is 432. The lowest BCUT2D eigenvalue weighted by atomic mass is 9.78. The zero-order valence-electron chi connectivity index (χ0n) is 13.7. The van der Waals surface area contributed by atoms with Crippen molar-refractivity contribution in [2.24, 2.45) is 11.7 Å². The topological polar surface area (TPSA) is 141 Å². The summed E-state index contributed by atoms with van der Waals surface area (Å²) < 4.78 is 0. The highest BCUT2D eigenvalue weighted by Gasteiger charge is 2.30. The van der Waals surface area contributed by atoms with Crippen LogP contribution in [-0.4, -0.2) is 61.6 Å². The molecule has 0 fully saturated rings. The van der Waals surface area contributed by atoms with Gasteiger partial charge in [-0.25, -0.2) is 0 Å². The van der Waals surface area contributed by atoms with Gasteiger partial charge in [0.05, 0.1) is 17.5 Å². The van der Waals surface area contributed by atoms with E-state index in [0.29, 0.717) is 6.42 Å². The normalized spacial score (nSPS) is 22.4. The lowest BCUT2D eigenvalue weighted by Gasteiger charge is -2.33. The van der Waals surface area contributed by atoms with Crippen molar-refractivity contribution in [1.82, 2.24) is 0 Å². The molecule has 0 saturated carbocycles. The van der Waals surface area contributed by atoms with Gasteiger partial charge in [-0.2, -0.15) is 0 Å². The average Bonchev–Trinajstić information content (AvgIpc) is 2.40. The van der Waals surface area contributed by atoms with E-state index >= 15 is 0 Å². The fraction of sp³-hybridized carbons (Fsp3) is 0.733. The lowest BCUT2D eigenvalue weighted by molar-refractivity contribution is -0.138. The molecule has 0 radical (unpaired) electrons. The average molecular weight is 349 g/mol. The Morgan fingerprint density at radius 2 is 2.00 bits per heavy atom. The van der Waals surface area contributed by atoms with E-state index in [-0.39, 0.29) is 23.5 Å². The molecule has 0 aromatic rings. The standard InChI is InChI=1S/C10H18O2.C5H9NO4S/c1-7-4-5-8(6-9(7)11)10(2,3)12;6-3(5(9)10)1-11-2-4(7)8/h4,8-9,11-12H,5-6H2,1-3H3;3H,1-2,6H2,(H,7,8)(H,9,10)/t8-,9+;3-/m10/s1. The van der Waals surface area contributed by atoms with Crippen molar-refractivity contribution in [3.8, 4) is 0 Å². The number of allylic oxidation sites excluding steroid dienone is 1. The highest BCUT2D eigenvalue weighted by molar-refractivity contribution is 8.00. The van der Waals surface area contributed by atoms with Crippen LogP contribution in [0.15, 0.2) is 11.6 Å². The third-order valence-electron chi connectivity index (χ3n) is 3.60. The van der Waals surface area contributed by atoms with Crippen molar-refractivity contribution in [1.29, 1.82) is 0 Å². The summed E-state index contributed by atoms with van der Waals surface area (Å²) in [7, 11) is 0. The van der Waals surface area contributed by atoms with Crippen LogP contribution in [0.4, 0.5) is 0 Å². The summed E-state index contributed by atoms with van der Waals surface area (Å²) >= 11 is 0.992. The number of carboxylic acid groups (broad SMARTS) is 2. The van der Waals surface area contributed by atoms with Gasteiger partial charge in [0.15, 0.2) is 0 Å². The number of aliphatic carboxylic acids is 2. The first kappa shape index (κ1) is 21.9. The molecule has 1 rings (SSSR count). The summed E-state index contributed by atoms with van der Waals surface area (Å²) in [6, 6.07) is -0.973. The molecule has 0 aromatic carbocycles. The Morgan fingerprint density at radius 1 is 1.43 bits per heavy atom. The van der Waals surface area contributed by atoms with Crippen LogP contribution < -0.4 is 5.73 Å². The maximum absolute atomic E-state index is 10.1. The van der Waals surface area contributed by atoms with Gasteiger partial charge < -0.3 is 26.2 Å². The molecule has 0 aromatic heterocycles. The Hall–Kier alpha value is -1.09. The van der Waals surface area contributed by atoms with Crippen LogP contribution in [0.25, 0.3) is 0 Å². The van der Waals surface area contributed by atoms with Crippen LogP contribution >= 0.6 is 11.8 Å². The van der Waals surface area contributed by atoms with E-state index in [1.807, 2.05) is 13.0 Å². The van der Waals surface area contributed by atoms with Crippen LogP contribution in [0.3, 0.4) is 0 Å². The van der Waals surface area contributed by atoms with E-state index in [0.717, 1.165) is 23.8 Å². The van der Waals surface area contributed by atoms with Gasteiger partial charge in [0, 0.05) is 5.75 Å². The number of nitrogens with two attached hydrogens (primary N) is 1. The van der Waals surface area contributed by atoms with Crippen molar-refractivity contribution in [3.05, 3.63) is 11.6 Å². The molecule has 1 aliphatic carbocycles. The monoisotopic (exact) mass is 349 g/mol. The SMILES string of the molecule is CC1=CC[C@@H](C(C)(C)O)C[C@@H]1O.N[C@@H](CSCC(=O)O)C(=O)O. The second-order valence-corrected chi connectivity index (χ2v) is 7.17. The van der Waals surface area contributed by atoms with Gasteiger partial charge in [-0.3, -0.25) is 9.59 Å². The molecule has 0 saturated heterocycles. The zero-order chi connectivity index (χ0) is 18.2. The smallest absolute Gasteiger partial charge is 0.321 e. The van der Waals surface area contributed by atoms with E-state index in [1.165, 1.54) is 0 Å². The van der Waals surface area contributed by atoms with E-state index in [4.69, 9.17) is 15.9 Å². The highest BCUT2D eigenvalue weighted by Crippen LogP contribution is 2.31. The lowest BCUT2D eigenvalue weighted by Crippen LogP contribution is -2.35. The van der Waals surface area contributed by atoms with Crippen LogP contribution in [0, 0.1) is 5.92 Å². The van der Waals surface area contributed by atoms with Gasteiger partial charge >= 0.3 is 11.9 Å². The molecule has 7 nitrogen and oxygen atoms in total. The summed E-state index contributed by atoms with van der Waals surface area (Å²) in [5, 5.41) is 35.7. The van der Waals surface area contributed by atoms with Gasteiger partial charge in [0.2, 0.25) is 0 Å². The summed E-state index contributed by atoms with van der Waals surface area (Å²) in [5.74, 6) is -1.87. The first-order valence-corrected chi connectivity index (χ1v) is 8.45. The predicted octanol–water partition coefficient (Wildman–Crippen LogP) is 0.691. The Morgan fingerprint density at radius 3 is 2.39 bits per heavy atom.